The number of rotatable bonds is 8. The standard InChI is InChI=1S/C33H36F3N7O2.C6H6O3S/c1-5-43(3,4)21-24-9-13-26(14-10-24)39-31(44)41-30(29-17-18-38-42(29)27-15-11-23(20-37)12-16-27)22(2)40(32(41)45)28-8-6-7-25(19-28)33(34,35)36;7-10(8,9)6-4-2-1-3-5-6/h6-8,11-12,15-19,24,26H,5,9-10,13-14,21H2,1-4H3;1-5H,(H,7,8,9). The van der Waals surface area contributed by atoms with Crippen molar-refractivity contribution in [3.8, 4) is 28.8 Å². The molecule has 0 unspecified atom stereocenters. The van der Waals surface area contributed by atoms with Crippen LogP contribution in [0.25, 0.3) is 22.8 Å². The Bertz CT molecular complexity index is 2340. The number of nitrogens with one attached hydrogen (secondary N) is 1. The number of halogens is 3. The van der Waals surface area contributed by atoms with Gasteiger partial charge in [-0.05, 0) is 100 Å². The van der Waals surface area contributed by atoms with Gasteiger partial charge in [-0.2, -0.15) is 23.5 Å². The maximum atomic E-state index is 14.0. The summed E-state index contributed by atoms with van der Waals surface area (Å²) >= 11 is 0. The highest BCUT2D eigenvalue weighted by atomic mass is 32.2. The smallest absolute Gasteiger partial charge is 0.416 e. The summed E-state index contributed by atoms with van der Waals surface area (Å²) in [6, 6.07) is 21.2. The SMILES string of the molecule is CC[N+](C)(C)CC1CCC(NC(=O)n2c(-c3ccnn3-c3ccc(C#N)cc3)c(C)n(-c3cccc(C(F)(F)F)c3)c2=O)CC1.O=S(=O)([O-])c1ccccc1. The molecule has 1 aliphatic carbocycles. The number of amides is 1. The van der Waals surface area contributed by atoms with Crippen LogP contribution in [0.5, 0.6) is 0 Å². The van der Waals surface area contributed by atoms with E-state index in [1.165, 1.54) is 47.3 Å². The van der Waals surface area contributed by atoms with Gasteiger partial charge in [-0.3, -0.25) is 4.57 Å². The minimum absolute atomic E-state index is 0.0123. The summed E-state index contributed by atoms with van der Waals surface area (Å²) in [6.45, 7) is 5.85. The molecule has 0 saturated heterocycles. The lowest BCUT2D eigenvalue weighted by atomic mass is 9.85. The molecule has 1 amide bonds. The molecule has 290 valence electrons. The number of hydrogen-bond acceptors (Lipinski definition) is 7. The zero-order valence-electron chi connectivity index (χ0n) is 30.8. The van der Waals surface area contributed by atoms with E-state index < -0.39 is 33.6 Å². The van der Waals surface area contributed by atoms with Crippen LogP contribution < -0.4 is 11.0 Å². The second-order valence-corrected chi connectivity index (χ2v) is 15.5. The lowest BCUT2D eigenvalue weighted by Gasteiger charge is -2.36. The van der Waals surface area contributed by atoms with Crippen LogP contribution in [0.15, 0.2) is 101 Å². The largest absolute Gasteiger partial charge is 0.744 e. The van der Waals surface area contributed by atoms with Crippen LogP contribution in [0.2, 0.25) is 0 Å². The Morgan fingerprint density at radius 2 is 1.64 bits per heavy atom. The summed E-state index contributed by atoms with van der Waals surface area (Å²) in [5, 5.41) is 16.7. The average Bonchev–Trinajstić information content (AvgIpc) is 3.73. The third-order valence-electron chi connectivity index (χ3n) is 9.86. The molecule has 0 aliphatic heterocycles. The molecule has 0 spiro atoms. The Kier molecular flexibility index (Phi) is 12.2. The van der Waals surface area contributed by atoms with Crippen molar-refractivity contribution in [1.82, 2.24) is 24.2 Å². The summed E-state index contributed by atoms with van der Waals surface area (Å²) in [5.74, 6) is 0.539. The molecule has 2 aromatic heterocycles. The molecule has 2 heterocycles. The van der Waals surface area contributed by atoms with Gasteiger partial charge in [-0.1, -0.05) is 24.3 Å². The number of carbonyl (C=O) groups is 1. The molecule has 55 heavy (non-hydrogen) atoms. The van der Waals surface area contributed by atoms with Crippen molar-refractivity contribution in [2.24, 2.45) is 5.92 Å². The first-order valence-corrected chi connectivity index (χ1v) is 19.0. The average molecular weight is 778 g/mol. The molecule has 0 radical (unpaired) electrons. The summed E-state index contributed by atoms with van der Waals surface area (Å²) in [5.41, 5.74) is 0.173. The molecule has 5 aromatic rings. The van der Waals surface area contributed by atoms with Crippen molar-refractivity contribution in [2.75, 3.05) is 27.2 Å². The van der Waals surface area contributed by atoms with E-state index in [-0.39, 0.29) is 28.0 Å². The van der Waals surface area contributed by atoms with E-state index in [0.29, 0.717) is 22.9 Å². The maximum absolute atomic E-state index is 14.0. The van der Waals surface area contributed by atoms with Gasteiger partial charge < -0.3 is 14.4 Å². The first-order chi connectivity index (χ1) is 25.9. The predicted molar refractivity (Wildman–Crippen MR) is 199 cm³/mol. The number of benzene rings is 3. The van der Waals surface area contributed by atoms with Crippen molar-refractivity contribution in [2.45, 2.75) is 56.6 Å². The summed E-state index contributed by atoms with van der Waals surface area (Å²) in [6.07, 6.45) is 0.323. The molecular weight excluding hydrogens is 736 g/mol. The van der Waals surface area contributed by atoms with Crippen LogP contribution in [-0.2, 0) is 16.3 Å². The van der Waals surface area contributed by atoms with Gasteiger partial charge in [0.15, 0.2) is 0 Å². The quantitative estimate of drug-likeness (QED) is 0.140. The fourth-order valence-corrected chi connectivity index (χ4v) is 7.22. The van der Waals surface area contributed by atoms with Gasteiger partial charge in [-0.15, -0.1) is 0 Å². The molecule has 12 nitrogen and oxygen atoms in total. The number of carbonyl (C=O) groups excluding carboxylic acids is 1. The van der Waals surface area contributed by atoms with E-state index in [1.54, 1.807) is 43.3 Å². The molecule has 1 saturated carbocycles. The molecule has 0 atom stereocenters. The van der Waals surface area contributed by atoms with E-state index in [4.69, 9.17) is 0 Å². The number of hydrogen-bond donors (Lipinski definition) is 1. The first-order valence-electron chi connectivity index (χ1n) is 17.6. The molecule has 3 aromatic carbocycles. The van der Waals surface area contributed by atoms with Crippen molar-refractivity contribution < 1.29 is 35.4 Å². The Balaban J connectivity index is 0.000000504. The highest BCUT2D eigenvalue weighted by Crippen LogP contribution is 2.32. The van der Waals surface area contributed by atoms with Crippen molar-refractivity contribution in [1.29, 1.82) is 5.26 Å². The molecular formula is C39H42F3N7O5S. The Hall–Kier alpha value is -5.50. The minimum Gasteiger partial charge on any atom is -0.744 e. The van der Waals surface area contributed by atoms with Crippen molar-refractivity contribution in [3.05, 3.63) is 118 Å². The maximum Gasteiger partial charge on any atom is 0.416 e. The number of quaternary nitrogens is 1. The van der Waals surface area contributed by atoms with Crippen LogP contribution in [0.4, 0.5) is 18.0 Å². The molecule has 16 heteroatoms. The molecule has 1 N–H and O–H groups in total. The third kappa shape index (κ3) is 9.60. The summed E-state index contributed by atoms with van der Waals surface area (Å²) in [4.78, 5) is 27.8. The Morgan fingerprint density at radius 3 is 2.20 bits per heavy atom. The van der Waals surface area contributed by atoms with E-state index in [2.05, 4.69) is 37.5 Å². The van der Waals surface area contributed by atoms with Crippen molar-refractivity contribution >= 4 is 16.1 Å². The van der Waals surface area contributed by atoms with Gasteiger partial charge in [0.05, 0.1) is 78.2 Å². The van der Waals surface area contributed by atoms with Crippen molar-refractivity contribution in [3.63, 3.8) is 0 Å². The molecule has 1 fully saturated rings. The summed E-state index contributed by atoms with van der Waals surface area (Å²) in [7, 11) is 0.167. The molecule has 1 aliphatic rings. The topological polar surface area (TPSA) is 155 Å². The fraction of sp³-hybridized carbons (Fsp3) is 0.333. The van der Waals surface area contributed by atoms with Crippen LogP contribution in [0.1, 0.15) is 49.4 Å². The highest BCUT2D eigenvalue weighted by molar-refractivity contribution is 7.85. The first kappa shape index (κ1) is 40.7. The number of alkyl halides is 3. The number of nitriles is 1. The third-order valence-corrected chi connectivity index (χ3v) is 10.7. The predicted octanol–water partition coefficient (Wildman–Crippen LogP) is 6.49. The van der Waals surface area contributed by atoms with Gasteiger partial charge in [0.1, 0.15) is 15.8 Å². The van der Waals surface area contributed by atoms with Gasteiger partial charge in [0.25, 0.3) is 0 Å². The normalized spacial score (nSPS) is 16.1. The Labute approximate surface area is 317 Å². The van der Waals surface area contributed by atoms with Gasteiger partial charge in [0, 0.05) is 12.0 Å². The molecule has 0 bridgehead atoms. The Morgan fingerprint density at radius 1 is 0.982 bits per heavy atom. The van der Waals surface area contributed by atoms with Crippen LogP contribution in [0, 0.1) is 24.2 Å². The minimum atomic E-state index is -4.62. The zero-order chi connectivity index (χ0) is 40.1. The van der Waals surface area contributed by atoms with E-state index in [1.807, 2.05) is 0 Å². The monoisotopic (exact) mass is 777 g/mol. The lowest BCUT2D eigenvalue weighted by Crippen LogP contribution is -2.47. The van der Waals surface area contributed by atoms with Crippen LogP contribution in [-0.4, -0.2) is 75.6 Å². The van der Waals surface area contributed by atoms with Crippen LogP contribution in [0.3, 0.4) is 0 Å². The van der Waals surface area contributed by atoms with E-state index in [0.717, 1.165) is 64.5 Å². The zero-order valence-corrected chi connectivity index (χ0v) is 31.6. The highest BCUT2D eigenvalue weighted by Gasteiger charge is 2.33. The van der Waals surface area contributed by atoms with Gasteiger partial charge >= 0.3 is 17.9 Å². The number of aromatic nitrogens is 4. The second kappa shape index (κ2) is 16.5. The number of imidazole rings is 1. The summed E-state index contributed by atoms with van der Waals surface area (Å²) < 4.78 is 76.3. The van der Waals surface area contributed by atoms with Gasteiger partial charge in [-0.25, -0.2) is 27.3 Å². The fourth-order valence-electron chi connectivity index (χ4n) is 6.73. The lowest BCUT2D eigenvalue weighted by molar-refractivity contribution is -0.892. The van der Waals surface area contributed by atoms with E-state index in [9.17, 15) is 41.0 Å². The number of nitrogens with zero attached hydrogens (tertiary/aromatic N) is 6. The second-order valence-electron chi connectivity index (χ2n) is 14.1. The molecule has 6 rings (SSSR count). The van der Waals surface area contributed by atoms with Crippen LogP contribution >= 0.6 is 0 Å². The van der Waals surface area contributed by atoms with Gasteiger partial charge in [0.2, 0.25) is 0 Å². The van der Waals surface area contributed by atoms with E-state index >= 15 is 0 Å².